The minimum atomic E-state index is -0.574. The number of halogens is 1. The average Bonchev–Trinajstić information content (AvgIpc) is 3.36. The first-order valence-electron chi connectivity index (χ1n) is 11.2. The van der Waals surface area contributed by atoms with Gasteiger partial charge >= 0.3 is 0 Å². The van der Waals surface area contributed by atoms with Crippen molar-refractivity contribution in [3.63, 3.8) is 0 Å². The van der Waals surface area contributed by atoms with Crippen LogP contribution in [0.4, 0.5) is 4.39 Å². The second-order valence-corrected chi connectivity index (χ2v) is 8.61. The van der Waals surface area contributed by atoms with Gasteiger partial charge in [-0.1, -0.05) is 24.3 Å². The van der Waals surface area contributed by atoms with Gasteiger partial charge in [0.1, 0.15) is 5.82 Å². The quantitative estimate of drug-likeness (QED) is 0.496. The Labute approximate surface area is 195 Å². The van der Waals surface area contributed by atoms with Gasteiger partial charge in [-0.05, 0) is 49.4 Å². The van der Waals surface area contributed by atoms with E-state index in [2.05, 4.69) is 20.1 Å². The van der Waals surface area contributed by atoms with E-state index in [-0.39, 0.29) is 23.1 Å². The number of carbonyl (C=O) groups is 1. The summed E-state index contributed by atoms with van der Waals surface area (Å²) in [5, 5.41) is 7.81. The molecule has 3 heterocycles. The Morgan fingerprint density at radius 1 is 1.18 bits per heavy atom. The first-order chi connectivity index (χ1) is 16.5. The molecule has 0 radical (unpaired) electrons. The van der Waals surface area contributed by atoms with Gasteiger partial charge in [-0.15, -0.1) is 0 Å². The lowest BCUT2D eigenvalue weighted by Crippen LogP contribution is -2.36. The second-order valence-electron chi connectivity index (χ2n) is 8.61. The number of fused-ring (bicyclic) bond motifs is 1. The fraction of sp³-hybridized carbons (Fsp3) is 0.231. The Hall–Kier alpha value is -3.91. The number of aromatic nitrogens is 3. The zero-order valence-corrected chi connectivity index (χ0v) is 18.7. The van der Waals surface area contributed by atoms with Gasteiger partial charge in [-0.25, -0.2) is 9.49 Å². The van der Waals surface area contributed by atoms with Crippen LogP contribution in [0.3, 0.4) is 0 Å². The van der Waals surface area contributed by atoms with Crippen LogP contribution in [0.15, 0.2) is 71.8 Å². The van der Waals surface area contributed by atoms with Crippen molar-refractivity contribution in [1.29, 1.82) is 0 Å². The van der Waals surface area contributed by atoms with Gasteiger partial charge in [0.15, 0.2) is 0 Å². The highest BCUT2D eigenvalue weighted by Gasteiger charge is 2.31. The summed E-state index contributed by atoms with van der Waals surface area (Å²) in [5.74, 6) is -0.917. The predicted octanol–water partition coefficient (Wildman–Crippen LogP) is 3.47. The summed E-state index contributed by atoms with van der Waals surface area (Å²) in [6, 6.07) is 15.6. The second kappa shape index (κ2) is 9.15. The zero-order valence-electron chi connectivity index (χ0n) is 18.7. The van der Waals surface area contributed by atoms with Crippen LogP contribution in [0.1, 0.15) is 22.3 Å². The van der Waals surface area contributed by atoms with Crippen molar-refractivity contribution in [2.45, 2.75) is 19.0 Å². The standard InChI is InChI=1S/C26H24FN5O2/c1-31(15-17-5-4-11-28-14-17)19-10-12-32(16-19)26(34)22-13-18(8-9-23(22)27)24-20-6-2-3-7-21(20)25(33)30-29-24/h2-9,11,13-14,19H,10,12,15-16H2,1H3,(H,30,33)/t19-/m0/s1. The fourth-order valence-electron chi connectivity index (χ4n) is 4.54. The van der Waals surface area contributed by atoms with Crippen molar-refractivity contribution in [2.24, 2.45) is 0 Å². The van der Waals surface area contributed by atoms with Gasteiger partial charge in [-0.3, -0.25) is 19.5 Å². The average molecular weight is 458 g/mol. The van der Waals surface area contributed by atoms with E-state index >= 15 is 0 Å². The third kappa shape index (κ3) is 4.20. The van der Waals surface area contributed by atoms with Gasteiger partial charge in [0.05, 0.1) is 16.6 Å². The Bertz CT molecular complexity index is 1410. The molecule has 1 aliphatic heterocycles. The number of nitrogens with zero attached hydrogens (tertiary/aromatic N) is 4. The number of H-pyrrole nitrogens is 1. The van der Waals surface area contributed by atoms with Crippen LogP contribution in [0.5, 0.6) is 0 Å². The molecule has 0 unspecified atom stereocenters. The largest absolute Gasteiger partial charge is 0.337 e. The topological polar surface area (TPSA) is 82.2 Å². The Morgan fingerprint density at radius 2 is 2.00 bits per heavy atom. The molecule has 1 amide bonds. The minimum absolute atomic E-state index is 0.00476. The monoisotopic (exact) mass is 457 g/mol. The molecule has 34 heavy (non-hydrogen) atoms. The van der Waals surface area contributed by atoms with Gasteiger partial charge < -0.3 is 4.90 Å². The molecule has 4 aromatic rings. The summed E-state index contributed by atoms with van der Waals surface area (Å²) in [7, 11) is 2.03. The van der Waals surface area contributed by atoms with Crippen LogP contribution >= 0.6 is 0 Å². The van der Waals surface area contributed by atoms with Crippen LogP contribution in [-0.4, -0.2) is 57.1 Å². The molecule has 2 aromatic carbocycles. The molecule has 1 N–H and O–H groups in total. The number of amides is 1. The van der Waals surface area contributed by atoms with E-state index in [9.17, 15) is 14.0 Å². The van der Waals surface area contributed by atoms with Crippen molar-refractivity contribution in [2.75, 3.05) is 20.1 Å². The number of hydrogen-bond donors (Lipinski definition) is 1. The van der Waals surface area contributed by atoms with E-state index in [0.29, 0.717) is 35.1 Å². The Kier molecular flexibility index (Phi) is 5.90. The number of likely N-dealkylation sites (N-methyl/N-ethyl adjacent to an activating group) is 1. The number of rotatable bonds is 5. The zero-order chi connectivity index (χ0) is 23.7. The van der Waals surface area contributed by atoms with Crippen LogP contribution in [-0.2, 0) is 6.54 Å². The highest BCUT2D eigenvalue weighted by Crippen LogP contribution is 2.27. The molecule has 7 nitrogen and oxygen atoms in total. The lowest BCUT2D eigenvalue weighted by Gasteiger charge is -2.24. The fourth-order valence-corrected chi connectivity index (χ4v) is 4.54. The summed E-state index contributed by atoms with van der Waals surface area (Å²) in [6.45, 7) is 1.82. The first kappa shape index (κ1) is 21.9. The summed E-state index contributed by atoms with van der Waals surface area (Å²) < 4.78 is 14.8. The highest BCUT2D eigenvalue weighted by molar-refractivity contribution is 5.98. The molecule has 8 heteroatoms. The predicted molar refractivity (Wildman–Crippen MR) is 128 cm³/mol. The van der Waals surface area contributed by atoms with E-state index in [4.69, 9.17) is 0 Å². The SMILES string of the molecule is CN(Cc1cccnc1)[C@H]1CCN(C(=O)c2cc(-c3n[nH]c(=O)c4ccccc34)ccc2F)C1. The minimum Gasteiger partial charge on any atom is -0.337 e. The van der Waals surface area contributed by atoms with Crippen LogP contribution in [0.25, 0.3) is 22.0 Å². The molecular formula is C26H24FN5O2. The summed E-state index contributed by atoms with van der Waals surface area (Å²) in [5.41, 5.74) is 1.89. The molecule has 0 aliphatic carbocycles. The highest BCUT2D eigenvalue weighted by atomic mass is 19.1. The van der Waals surface area contributed by atoms with E-state index < -0.39 is 5.82 Å². The number of aromatic amines is 1. The third-order valence-corrected chi connectivity index (χ3v) is 6.39. The summed E-state index contributed by atoms with van der Waals surface area (Å²) in [6.07, 6.45) is 4.40. The molecule has 2 aromatic heterocycles. The molecule has 1 atom stereocenters. The van der Waals surface area contributed by atoms with E-state index in [1.165, 1.54) is 12.1 Å². The number of benzene rings is 2. The molecule has 0 bridgehead atoms. The Balaban J connectivity index is 1.38. The molecule has 1 saturated heterocycles. The van der Waals surface area contributed by atoms with Crippen molar-refractivity contribution in [1.82, 2.24) is 25.0 Å². The summed E-state index contributed by atoms with van der Waals surface area (Å²) >= 11 is 0. The van der Waals surface area contributed by atoms with Crippen LogP contribution < -0.4 is 5.56 Å². The van der Waals surface area contributed by atoms with Crippen LogP contribution in [0, 0.1) is 5.82 Å². The van der Waals surface area contributed by atoms with Gasteiger partial charge in [0.25, 0.3) is 11.5 Å². The number of pyridine rings is 1. The Morgan fingerprint density at radius 3 is 2.79 bits per heavy atom. The molecule has 5 rings (SSSR count). The maximum absolute atomic E-state index is 14.8. The molecule has 1 aliphatic rings. The van der Waals surface area contributed by atoms with E-state index in [0.717, 1.165) is 18.5 Å². The van der Waals surface area contributed by atoms with Gasteiger partial charge in [0.2, 0.25) is 0 Å². The number of likely N-dealkylation sites (tertiary alicyclic amines) is 1. The maximum Gasteiger partial charge on any atom is 0.272 e. The van der Waals surface area contributed by atoms with Crippen molar-refractivity contribution >= 4 is 16.7 Å². The molecule has 172 valence electrons. The molecule has 0 saturated carbocycles. The van der Waals surface area contributed by atoms with Crippen molar-refractivity contribution in [3.8, 4) is 11.3 Å². The summed E-state index contributed by atoms with van der Waals surface area (Å²) in [4.78, 5) is 33.5. The van der Waals surface area contributed by atoms with E-state index in [1.54, 1.807) is 35.4 Å². The molecule has 1 fully saturated rings. The molecule has 0 spiro atoms. The third-order valence-electron chi connectivity index (χ3n) is 6.39. The first-order valence-corrected chi connectivity index (χ1v) is 11.2. The van der Waals surface area contributed by atoms with Crippen molar-refractivity contribution < 1.29 is 9.18 Å². The number of carbonyl (C=O) groups excluding carboxylic acids is 1. The van der Waals surface area contributed by atoms with Gasteiger partial charge in [0, 0.05) is 49.0 Å². The van der Waals surface area contributed by atoms with E-state index in [1.807, 2.05) is 31.4 Å². The van der Waals surface area contributed by atoms with Crippen molar-refractivity contribution in [3.05, 3.63) is 94.3 Å². The number of nitrogens with one attached hydrogen (secondary N) is 1. The normalized spacial score (nSPS) is 15.9. The van der Waals surface area contributed by atoms with Gasteiger partial charge in [-0.2, -0.15) is 5.10 Å². The lowest BCUT2D eigenvalue weighted by molar-refractivity contribution is 0.0775. The molecular weight excluding hydrogens is 433 g/mol. The van der Waals surface area contributed by atoms with Crippen LogP contribution in [0.2, 0.25) is 0 Å². The lowest BCUT2D eigenvalue weighted by atomic mass is 10.0. The smallest absolute Gasteiger partial charge is 0.272 e. The number of hydrogen-bond acceptors (Lipinski definition) is 5. The maximum atomic E-state index is 14.8.